The maximum atomic E-state index is 12.8. The van der Waals surface area contributed by atoms with Crippen molar-refractivity contribution in [1.82, 2.24) is 0 Å². The van der Waals surface area contributed by atoms with Crippen molar-refractivity contribution in [3.8, 4) is 0 Å². The van der Waals surface area contributed by atoms with Gasteiger partial charge in [-0.1, -0.05) is 18.2 Å². The van der Waals surface area contributed by atoms with Crippen molar-refractivity contribution < 1.29 is 22.6 Å². The van der Waals surface area contributed by atoms with Gasteiger partial charge < -0.3 is 15.2 Å². The summed E-state index contributed by atoms with van der Waals surface area (Å²) in [6.45, 7) is -0.215. The minimum Gasteiger partial charge on any atom is -0.348 e. The molecule has 0 saturated heterocycles. The van der Waals surface area contributed by atoms with Gasteiger partial charge in [-0.2, -0.15) is 13.2 Å². The van der Waals surface area contributed by atoms with E-state index in [1.165, 1.54) is 32.4 Å². The van der Waals surface area contributed by atoms with E-state index in [1.54, 1.807) is 0 Å². The molecule has 0 radical (unpaired) electrons. The number of rotatable bonds is 4. The van der Waals surface area contributed by atoms with Crippen molar-refractivity contribution in [3.05, 3.63) is 35.4 Å². The highest BCUT2D eigenvalue weighted by Gasteiger charge is 2.41. The number of hydrogen-bond donors (Lipinski definition) is 1. The summed E-state index contributed by atoms with van der Waals surface area (Å²) in [6.07, 6.45) is -4.48. The second kappa shape index (κ2) is 5.03. The molecular formula is C11H14F3NO2. The number of benzene rings is 1. The fraction of sp³-hybridized carbons (Fsp3) is 0.455. The second-order valence-corrected chi connectivity index (χ2v) is 3.41. The van der Waals surface area contributed by atoms with Crippen molar-refractivity contribution in [3.63, 3.8) is 0 Å². The SMILES string of the molecule is COC(CN)(OC)c1ccccc1C(F)(F)F. The van der Waals surface area contributed by atoms with Crippen LogP contribution in [-0.2, 0) is 21.4 Å². The zero-order chi connectivity index (χ0) is 13.1. The first-order valence-corrected chi connectivity index (χ1v) is 4.88. The number of ether oxygens (including phenoxy) is 2. The standard InChI is InChI=1S/C11H14F3NO2/c1-16-10(7-15,17-2)8-5-3-4-6-9(8)11(12,13)14/h3-6H,7,15H2,1-2H3. The van der Waals surface area contributed by atoms with Gasteiger partial charge >= 0.3 is 6.18 Å². The van der Waals surface area contributed by atoms with Crippen molar-refractivity contribution in [2.24, 2.45) is 5.73 Å². The van der Waals surface area contributed by atoms with Gasteiger partial charge in [-0.3, -0.25) is 0 Å². The van der Waals surface area contributed by atoms with Crippen LogP contribution >= 0.6 is 0 Å². The molecule has 0 heterocycles. The van der Waals surface area contributed by atoms with Gasteiger partial charge in [-0.05, 0) is 6.07 Å². The summed E-state index contributed by atoms with van der Waals surface area (Å²) in [4.78, 5) is 0. The zero-order valence-corrected chi connectivity index (χ0v) is 9.54. The van der Waals surface area contributed by atoms with Gasteiger partial charge in [0.2, 0.25) is 5.79 Å². The molecule has 1 aromatic rings. The highest BCUT2D eigenvalue weighted by molar-refractivity contribution is 5.33. The molecule has 1 rings (SSSR count). The fourth-order valence-electron chi connectivity index (χ4n) is 1.64. The van der Waals surface area contributed by atoms with E-state index in [-0.39, 0.29) is 12.1 Å². The molecule has 0 unspecified atom stereocenters. The Morgan fingerprint density at radius 3 is 1.88 bits per heavy atom. The summed E-state index contributed by atoms with van der Waals surface area (Å²) in [5.74, 6) is -1.58. The summed E-state index contributed by atoms with van der Waals surface area (Å²) in [5, 5.41) is 0. The summed E-state index contributed by atoms with van der Waals surface area (Å²) in [5.41, 5.74) is 4.52. The quantitative estimate of drug-likeness (QED) is 0.831. The molecule has 0 aromatic heterocycles. The van der Waals surface area contributed by atoms with Crippen LogP contribution in [0.15, 0.2) is 24.3 Å². The van der Waals surface area contributed by atoms with E-state index in [0.29, 0.717) is 0 Å². The van der Waals surface area contributed by atoms with E-state index in [2.05, 4.69) is 0 Å². The van der Waals surface area contributed by atoms with Crippen LogP contribution in [0.2, 0.25) is 0 Å². The predicted molar refractivity (Wildman–Crippen MR) is 56.2 cm³/mol. The lowest BCUT2D eigenvalue weighted by molar-refractivity contribution is -0.213. The van der Waals surface area contributed by atoms with E-state index in [4.69, 9.17) is 15.2 Å². The van der Waals surface area contributed by atoms with Crippen LogP contribution < -0.4 is 5.73 Å². The van der Waals surface area contributed by atoms with E-state index in [0.717, 1.165) is 6.07 Å². The Hall–Kier alpha value is -1.11. The van der Waals surface area contributed by atoms with Crippen LogP contribution in [0.4, 0.5) is 13.2 Å². The van der Waals surface area contributed by atoms with Crippen molar-refractivity contribution in [1.29, 1.82) is 0 Å². The van der Waals surface area contributed by atoms with Gasteiger partial charge in [0.1, 0.15) is 0 Å². The first-order chi connectivity index (χ1) is 7.91. The van der Waals surface area contributed by atoms with Crippen molar-refractivity contribution in [2.75, 3.05) is 20.8 Å². The van der Waals surface area contributed by atoms with Gasteiger partial charge in [0.25, 0.3) is 0 Å². The van der Waals surface area contributed by atoms with E-state index >= 15 is 0 Å². The van der Waals surface area contributed by atoms with Crippen LogP contribution in [-0.4, -0.2) is 20.8 Å². The van der Waals surface area contributed by atoms with E-state index in [9.17, 15) is 13.2 Å². The molecular weight excluding hydrogens is 235 g/mol. The lowest BCUT2D eigenvalue weighted by atomic mass is 9.98. The molecule has 0 spiro atoms. The van der Waals surface area contributed by atoms with Gasteiger partial charge in [-0.25, -0.2) is 0 Å². The molecule has 0 amide bonds. The van der Waals surface area contributed by atoms with Crippen LogP contribution in [0, 0.1) is 0 Å². The average Bonchev–Trinajstić information content (AvgIpc) is 2.31. The minimum absolute atomic E-state index is 0.125. The molecule has 0 aliphatic carbocycles. The van der Waals surface area contributed by atoms with E-state index < -0.39 is 17.5 Å². The number of nitrogens with two attached hydrogens (primary N) is 1. The average molecular weight is 249 g/mol. The third kappa shape index (κ3) is 2.59. The highest BCUT2D eigenvalue weighted by Crippen LogP contribution is 2.37. The molecule has 0 aliphatic rings. The fourth-order valence-corrected chi connectivity index (χ4v) is 1.64. The normalized spacial score (nSPS) is 12.8. The van der Waals surface area contributed by atoms with Crippen LogP contribution in [0.1, 0.15) is 11.1 Å². The summed E-state index contributed by atoms with van der Waals surface area (Å²) in [7, 11) is 2.51. The first kappa shape index (κ1) is 14.0. The number of halogens is 3. The topological polar surface area (TPSA) is 44.5 Å². The molecule has 17 heavy (non-hydrogen) atoms. The van der Waals surface area contributed by atoms with Gasteiger partial charge in [0, 0.05) is 19.8 Å². The second-order valence-electron chi connectivity index (χ2n) is 3.41. The monoisotopic (exact) mass is 249 g/mol. The summed E-state index contributed by atoms with van der Waals surface area (Å²) < 4.78 is 48.5. The number of hydrogen-bond acceptors (Lipinski definition) is 3. The first-order valence-electron chi connectivity index (χ1n) is 4.88. The largest absolute Gasteiger partial charge is 0.416 e. The molecule has 1 aromatic carbocycles. The van der Waals surface area contributed by atoms with Gasteiger partial charge in [0.15, 0.2) is 0 Å². The third-order valence-corrected chi connectivity index (χ3v) is 2.57. The summed E-state index contributed by atoms with van der Waals surface area (Å²) >= 11 is 0. The smallest absolute Gasteiger partial charge is 0.348 e. The van der Waals surface area contributed by atoms with Gasteiger partial charge in [-0.15, -0.1) is 0 Å². The summed E-state index contributed by atoms with van der Waals surface area (Å²) in [6, 6.07) is 5.05. The van der Waals surface area contributed by atoms with Crippen LogP contribution in [0.25, 0.3) is 0 Å². The highest BCUT2D eigenvalue weighted by atomic mass is 19.4. The third-order valence-electron chi connectivity index (χ3n) is 2.57. The van der Waals surface area contributed by atoms with Gasteiger partial charge in [0.05, 0.1) is 12.1 Å². The lowest BCUT2D eigenvalue weighted by Crippen LogP contribution is -2.40. The number of methoxy groups -OCH3 is 2. The Balaban J connectivity index is 3.39. The molecule has 3 nitrogen and oxygen atoms in total. The Morgan fingerprint density at radius 1 is 1.06 bits per heavy atom. The Kier molecular flexibility index (Phi) is 4.13. The predicted octanol–water partition coefficient (Wildman–Crippen LogP) is 2.11. The molecule has 0 aliphatic heterocycles. The zero-order valence-electron chi connectivity index (χ0n) is 9.54. The Morgan fingerprint density at radius 2 is 1.53 bits per heavy atom. The molecule has 6 heteroatoms. The maximum Gasteiger partial charge on any atom is 0.416 e. The Labute approximate surface area is 97.3 Å². The van der Waals surface area contributed by atoms with Crippen molar-refractivity contribution >= 4 is 0 Å². The lowest BCUT2D eigenvalue weighted by Gasteiger charge is -2.31. The van der Waals surface area contributed by atoms with Crippen molar-refractivity contribution in [2.45, 2.75) is 12.0 Å². The molecule has 2 N–H and O–H groups in total. The number of alkyl halides is 3. The Bertz CT molecular complexity index is 367. The molecule has 0 saturated carbocycles. The molecule has 0 bridgehead atoms. The molecule has 0 fully saturated rings. The van der Waals surface area contributed by atoms with E-state index in [1.807, 2.05) is 0 Å². The molecule has 96 valence electrons. The van der Waals surface area contributed by atoms with Crippen LogP contribution in [0.5, 0.6) is 0 Å². The minimum atomic E-state index is -4.48. The maximum absolute atomic E-state index is 12.8. The van der Waals surface area contributed by atoms with Crippen LogP contribution in [0.3, 0.4) is 0 Å². The molecule has 0 atom stereocenters.